The average Bonchev–Trinajstić information content (AvgIpc) is 3.31. The molecule has 0 aliphatic heterocycles. The Kier molecular flexibility index (Phi) is 9.39. The highest BCUT2D eigenvalue weighted by atomic mass is 79.9. The molecule has 3 aromatic rings. The predicted molar refractivity (Wildman–Crippen MR) is 129 cm³/mol. The van der Waals surface area contributed by atoms with Crippen molar-refractivity contribution in [1.29, 1.82) is 0 Å². The third kappa shape index (κ3) is 8.60. The summed E-state index contributed by atoms with van der Waals surface area (Å²) in [6, 6.07) is 18.6. The molecule has 0 saturated carbocycles. The second-order valence-corrected chi connectivity index (χ2v) is 8.53. The quantitative estimate of drug-likeness (QED) is 0.296. The summed E-state index contributed by atoms with van der Waals surface area (Å²) in [6.07, 6.45) is 3.11. The number of rotatable bonds is 11. The minimum atomic E-state index is -0.243. The first-order chi connectivity index (χ1) is 15.6. The van der Waals surface area contributed by atoms with Gasteiger partial charge in [-0.25, -0.2) is 5.43 Å². The molecule has 0 radical (unpaired) electrons. The van der Waals surface area contributed by atoms with E-state index in [-0.39, 0.29) is 18.4 Å². The lowest BCUT2D eigenvalue weighted by atomic mass is 10.2. The van der Waals surface area contributed by atoms with Crippen LogP contribution in [0, 0.1) is 0 Å². The number of nitrogens with zero attached hydrogens (tertiary/aromatic N) is 1. The first-order valence-electron chi connectivity index (χ1n) is 9.74. The van der Waals surface area contributed by atoms with Crippen LogP contribution in [-0.2, 0) is 21.9 Å². The molecule has 2 N–H and O–H groups in total. The fourth-order valence-corrected chi connectivity index (χ4v) is 3.76. The van der Waals surface area contributed by atoms with Gasteiger partial charge < -0.3 is 14.5 Å². The topological polar surface area (TPSA) is 92.9 Å². The van der Waals surface area contributed by atoms with Gasteiger partial charge in [-0.2, -0.15) is 5.10 Å². The van der Waals surface area contributed by atoms with Crippen molar-refractivity contribution in [3.8, 4) is 5.75 Å². The number of amides is 2. The predicted octanol–water partition coefficient (Wildman–Crippen LogP) is 4.12. The first kappa shape index (κ1) is 23.6. The van der Waals surface area contributed by atoms with Crippen LogP contribution in [-0.4, -0.2) is 30.4 Å². The minimum absolute atomic E-state index is 0.0954. The highest BCUT2D eigenvalue weighted by Crippen LogP contribution is 2.17. The molecule has 0 saturated heterocycles. The molecule has 0 bridgehead atoms. The van der Waals surface area contributed by atoms with Crippen molar-refractivity contribution in [2.75, 3.05) is 12.4 Å². The number of benzene rings is 2. The summed E-state index contributed by atoms with van der Waals surface area (Å²) in [5, 5.41) is 6.68. The van der Waals surface area contributed by atoms with Crippen LogP contribution in [0.15, 0.2) is 80.9 Å². The molecule has 9 heteroatoms. The Hall–Kier alpha value is -3.04. The molecule has 0 spiro atoms. The van der Waals surface area contributed by atoms with Crippen molar-refractivity contribution in [1.82, 2.24) is 10.7 Å². The van der Waals surface area contributed by atoms with Gasteiger partial charge in [0.05, 0.1) is 24.8 Å². The molecule has 0 aliphatic rings. The Labute approximate surface area is 198 Å². The molecule has 1 aromatic heterocycles. The maximum absolute atomic E-state index is 11.9. The van der Waals surface area contributed by atoms with Gasteiger partial charge in [-0.1, -0.05) is 28.1 Å². The van der Waals surface area contributed by atoms with E-state index in [1.807, 2.05) is 24.3 Å². The fraction of sp³-hybridized carbons (Fsp3) is 0.174. The lowest BCUT2D eigenvalue weighted by molar-refractivity contribution is -0.123. The van der Waals surface area contributed by atoms with Crippen LogP contribution in [0.1, 0.15) is 16.9 Å². The number of hydrogen-bond donors (Lipinski definition) is 2. The molecule has 0 atom stereocenters. The molecular formula is C23H22BrN3O4S. The van der Waals surface area contributed by atoms with Gasteiger partial charge in [-0.3, -0.25) is 9.59 Å². The number of halogens is 1. The van der Waals surface area contributed by atoms with E-state index in [0.29, 0.717) is 23.8 Å². The van der Waals surface area contributed by atoms with Gasteiger partial charge >= 0.3 is 0 Å². The van der Waals surface area contributed by atoms with Gasteiger partial charge in [-0.15, -0.1) is 11.8 Å². The Bertz CT molecular complexity index is 1040. The molecule has 7 nitrogen and oxygen atoms in total. The van der Waals surface area contributed by atoms with Crippen LogP contribution in [0.2, 0.25) is 0 Å². The molecular weight excluding hydrogens is 494 g/mol. The number of hydrazone groups is 1. The lowest BCUT2D eigenvalue weighted by Gasteiger charge is -2.06. The summed E-state index contributed by atoms with van der Waals surface area (Å²) >= 11 is 4.96. The summed E-state index contributed by atoms with van der Waals surface area (Å²) in [5.74, 6) is 1.90. The van der Waals surface area contributed by atoms with Crippen molar-refractivity contribution < 1.29 is 18.7 Å². The summed E-state index contributed by atoms with van der Waals surface area (Å²) in [4.78, 5) is 23.7. The van der Waals surface area contributed by atoms with E-state index >= 15 is 0 Å². The summed E-state index contributed by atoms with van der Waals surface area (Å²) < 4.78 is 11.6. The van der Waals surface area contributed by atoms with Gasteiger partial charge in [0.25, 0.3) is 5.91 Å². The molecule has 0 fully saturated rings. The number of thioether (sulfide) groups is 1. The smallest absolute Gasteiger partial charge is 0.258 e. The zero-order valence-corrected chi connectivity index (χ0v) is 19.5. The van der Waals surface area contributed by atoms with E-state index in [4.69, 9.17) is 9.15 Å². The highest BCUT2D eigenvalue weighted by molar-refractivity contribution is 9.10. The molecule has 2 aromatic carbocycles. The largest absolute Gasteiger partial charge is 0.484 e. The van der Waals surface area contributed by atoms with E-state index in [1.165, 1.54) is 11.8 Å². The van der Waals surface area contributed by atoms with E-state index in [1.54, 1.807) is 48.9 Å². The van der Waals surface area contributed by atoms with Crippen LogP contribution in [0.3, 0.4) is 0 Å². The van der Waals surface area contributed by atoms with Crippen LogP contribution in [0.25, 0.3) is 0 Å². The van der Waals surface area contributed by atoms with Gasteiger partial charge in [0.15, 0.2) is 6.61 Å². The van der Waals surface area contributed by atoms with E-state index in [2.05, 4.69) is 31.8 Å². The molecule has 0 unspecified atom stereocenters. The number of hydrogen-bond acceptors (Lipinski definition) is 6. The molecule has 2 amide bonds. The molecule has 1 heterocycles. The van der Waals surface area contributed by atoms with Crippen LogP contribution in [0.5, 0.6) is 5.75 Å². The second-order valence-electron chi connectivity index (χ2n) is 6.63. The van der Waals surface area contributed by atoms with Gasteiger partial charge in [-0.05, 0) is 59.7 Å². The Balaban J connectivity index is 1.32. The third-order valence-corrected chi connectivity index (χ3v) is 5.58. The monoisotopic (exact) mass is 515 g/mol. The number of carbonyl (C=O) groups excluding carboxylic acids is 2. The first-order valence-corrected chi connectivity index (χ1v) is 11.7. The van der Waals surface area contributed by atoms with Gasteiger partial charge in [0.2, 0.25) is 5.91 Å². The van der Waals surface area contributed by atoms with Crippen LogP contribution >= 0.6 is 27.7 Å². The molecule has 166 valence electrons. The SMILES string of the molecule is O=C(COc1ccc(/C=N\NC(=O)CSCc2cccc(Br)c2)cc1)NCc1ccco1. The van der Waals surface area contributed by atoms with Crippen LogP contribution in [0.4, 0.5) is 0 Å². The standard InChI is InChI=1S/C23H22BrN3O4S/c24-19-4-1-3-18(11-19)15-32-16-23(29)27-26-12-17-6-8-20(9-7-17)31-14-22(28)25-13-21-5-2-10-30-21/h1-12H,13-16H2,(H,25,28)(H,27,29)/b26-12-. The van der Waals surface area contributed by atoms with Gasteiger partial charge in [0.1, 0.15) is 11.5 Å². The number of ether oxygens (including phenoxy) is 1. The van der Waals surface area contributed by atoms with Crippen molar-refractivity contribution in [3.05, 3.63) is 88.3 Å². The van der Waals surface area contributed by atoms with E-state index in [0.717, 1.165) is 21.4 Å². The zero-order valence-electron chi connectivity index (χ0n) is 17.1. The second kappa shape index (κ2) is 12.7. The third-order valence-electron chi connectivity index (χ3n) is 4.08. The molecule has 0 aliphatic carbocycles. The van der Waals surface area contributed by atoms with Crippen LogP contribution < -0.4 is 15.5 Å². The zero-order chi connectivity index (χ0) is 22.6. The highest BCUT2D eigenvalue weighted by Gasteiger charge is 2.04. The molecule has 32 heavy (non-hydrogen) atoms. The van der Waals surface area contributed by atoms with Gasteiger partial charge in [0, 0.05) is 10.2 Å². The molecule has 3 rings (SSSR count). The Morgan fingerprint density at radius 2 is 1.94 bits per heavy atom. The maximum Gasteiger partial charge on any atom is 0.258 e. The summed E-state index contributed by atoms with van der Waals surface area (Å²) in [7, 11) is 0. The average molecular weight is 516 g/mol. The number of carbonyl (C=O) groups is 2. The van der Waals surface area contributed by atoms with E-state index < -0.39 is 0 Å². The lowest BCUT2D eigenvalue weighted by Crippen LogP contribution is -2.28. The normalized spacial score (nSPS) is 10.8. The minimum Gasteiger partial charge on any atom is -0.484 e. The Morgan fingerprint density at radius 3 is 2.69 bits per heavy atom. The maximum atomic E-state index is 11.9. The van der Waals surface area contributed by atoms with Crippen molar-refractivity contribution >= 4 is 45.7 Å². The fourth-order valence-electron chi connectivity index (χ4n) is 2.55. The number of nitrogens with one attached hydrogen (secondary N) is 2. The summed E-state index contributed by atoms with van der Waals surface area (Å²) in [6.45, 7) is 0.223. The van der Waals surface area contributed by atoms with E-state index in [9.17, 15) is 9.59 Å². The number of furan rings is 1. The van der Waals surface area contributed by atoms with Crippen molar-refractivity contribution in [2.24, 2.45) is 5.10 Å². The van der Waals surface area contributed by atoms with Crippen molar-refractivity contribution in [2.45, 2.75) is 12.3 Å². The van der Waals surface area contributed by atoms with Crippen molar-refractivity contribution in [3.63, 3.8) is 0 Å². The summed E-state index contributed by atoms with van der Waals surface area (Å²) in [5.41, 5.74) is 4.46. The Morgan fingerprint density at radius 1 is 1.09 bits per heavy atom.